The van der Waals surface area contributed by atoms with Gasteiger partial charge >= 0.3 is 0 Å². The minimum atomic E-state index is -1.08. The van der Waals surface area contributed by atoms with E-state index in [1.165, 1.54) is 24.0 Å². The lowest BCUT2D eigenvalue weighted by Gasteiger charge is -2.08. The van der Waals surface area contributed by atoms with Crippen molar-refractivity contribution in [1.82, 2.24) is 0 Å². The molecule has 104 valence electrons. The third kappa shape index (κ3) is 2.63. The Labute approximate surface area is 122 Å². The zero-order valence-corrected chi connectivity index (χ0v) is 12.5. The Morgan fingerprint density at radius 3 is 2.75 bits per heavy atom. The molecule has 0 radical (unpaired) electrons. The van der Waals surface area contributed by atoms with Crippen molar-refractivity contribution in [3.8, 4) is 0 Å². The predicted molar refractivity (Wildman–Crippen MR) is 84.2 cm³/mol. The van der Waals surface area contributed by atoms with Crippen LogP contribution >= 0.6 is 0 Å². The molecule has 2 aromatic rings. The minimum Gasteiger partial charge on any atom is -0.398 e. The summed E-state index contributed by atoms with van der Waals surface area (Å²) in [5.74, 6) is 0.543. The summed E-state index contributed by atoms with van der Waals surface area (Å²) in [7, 11) is -1.08. The molecule has 2 aromatic carbocycles. The second-order valence-electron chi connectivity index (χ2n) is 5.49. The third-order valence-electron chi connectivity index (χ3n) is 3.88. The molecule has 1 atom stereocenters. The molecule has 1 unspecified atom stereocenters. The van der Waals surface area contributed by atoms with Crippen molar-refractivity contribution in [2.75, 3.05) is 5.73 Å². The van der Waals surface area contributed by atoms with E-state index < -0.39 is 10.8 Å². The molecular formula is C17H19NOS. The molecule has 0 bridgehead atoms. The van der Waals surface area contributed by atoms with Gasteiger partial charge in [-0.1, -0.05) is 24.3 Å². The highest BCUT2D eigenvalue weighted by molar-refractivity contribution is 7.84. The van der Waals surface area contributed by atoms with E-state index in [1.807, 2.05) is 25.1 Å². The quantitative estimate of drug-likeness (QED) is 0.879. The summed E-state index contributed by atoms with van der Waals surface area (Å²) in [5, 5.41) is 0. The molecule has 0 amide bonds. The van der Waals surface area contributed by atoms with Crippen molar-refractivity contribution < 1.29 is 4.21 Å². The average molecular weight is 285 g/mol. The van der Waals surface area contributed by atoms with E-state index in [1.54, 1.807) is 0 Å². The molecule has 0 spiro atoms. The summed E-state index contributed by atoms with van der Waals surface area (Å²) in [5.41, 5.74) is 11.7. The smallest absolute Gasteiger partial charge is 0.0623 e. The molecule has 1 aliphatic carbocycles. The first-order valence-electron chi connectivity index (χ1n) is 6.98. The number of nitrogens with two attached hydrogens (primary N) is 1. The molecule has 0 saturated heterocycles. The Morgan fingerprint density at radius 1 is 1.10 bits per heavy atom. The fourth-order valence-electron chi connectivity index (χ4n) is 2.78. The molecule has 0 aliphatic heterocycles. The first-order chi connectivity index (χ1) is 9.63. The number of hydrogen-bond acceptors (Lipinski definition) is 2. The summed E-state index contributed by atoms with van der Waals surface area (Å²) in [6.07, 6.45) is 3.58. The third-order valence-corrected chi connectivity index (χ3v) is 5.31. The van der Waals surface area contributed by atoms with Crippen molar-refractivity contribution >= 4 is 16.5 Å². The van der Waals surface area contributed by atoms with E-state index >= 15 is 0 Å². The fourth-order valence-corrected chi connectivity index (χ4v) is 4.07. The number of anilines is 1. The van der Waals surface area contributed by atoms with Gasteiger partial charge in [0.2, 0.25) is 0 Å². The van der Waals surface area contributed by atoms with Crippen LogP contribution in [0.25, 0.3) is 0 Å². The highest BCUT2D eigenvalue weighted by Gasteiger charge is 2.13. The maximum atomic E-state index is 12.5. The fraction of sp³-hybridized carbons (Fsp3) is 0.294. The molecule has 3 rings (SSSR count). The normalized spacial score (nSPS) is 15.1. The van der Waals surface area contributed by atoms with Crippen LogP contribution in [0.15, 0.2) is 41.3 Å². The van der Waals surface area contributed by atoms with Crippen molar-refractivity contribution in [3.63, 3.8) is 0 Å². The van der Waals surface area contributed by atoms with E-state index in [0.717, 1.165) is 22.4 Å². The molecule has 0 aromatic heterocycles. The van der Waals surface area contributed by atoms with E-state index in [2.05, 4.69) is 18.2 Å². The van der Waals surface area contributed by atoms with Crippen LogP contribution < -0.4 is 5.73 Å². The van der Waals surface area contributed by atoms with Gasteiger partial charge in [0, 0.05) is 5.69 Å². The number of aryl methyl sites for hydroxylation is 3. The Bertz CT molecular complexity index is 679. The average Bonchev–Trinajstić information content (AvgIpc) is 2.89. The van der Waals surface area contributed by atoms with Crippen LogP contribution in [0.5, 0.6) is 0 Å². The molecule has 0 heterocycles. The number of rotatable bonds is 3. The number of nitrogen functional groups attached to an aromatic ring is 1. The van der Waals surface area contributed by atoms with E-state index in [4.69, 9.17) is 5.73 Å². The zero-order valence-electron chi connectivity index (χ0n) is 11.7. The van der Waals surface area contributed by atoms with Crippen molar-refractivity contribution in [1.29, 1.82) is 0 Å². The Kier molecular flexibility index (Phi) is 3.62. The molecular weight excluding hydrogens is 266 g/mol. The van der Waals surface area contributed by atoms with Crippen molar-refractivity contribution in [2.24, 2.45) is 0 Å². The molecule has 20 heavy (non-hydrogen) atoms. The standard InChI is InChI=1S/C17H19NOS/c1-12-5-8-16(18)17(9-12)20(19)11-13-6-7-14-3-2-4-15(14)10-13/h5-10H,2-4,11,18H2,1H3. The summed E-state index contributed by atoms with van der Waals surface area (Å²) in [4.78, 5) is 0.755. The van der Waals surface area contributed by atoms with Crippen LogP contribution in [-0.4, -0.2) is 4.21 Å². The molecule has 0 saturated carbocycles. The zero-order chi connectivity index (χ0) is 14.1. The lowest BCUT2D eigenvalue weighted by molar-refractivity contribution is 0.683. The van der Waals surface area contributed by atoms with Gasteiger partial charge in [0.1, 0.15) is 0 Å². The molecule has 2 nitrogen and oxygen atoms in total. The van der Waals surface area contributed by atoms with Crippen molar-refractivity contribution in [2.45, 2.75) is 36.8 Å². The van der Waals surface area contributed by atoms with Gasteiger partial charge in [-0.05, 0) is 60.6 Å². The summed E-state index contributed by atoms with van der Waals surface area (Å²) in [6.45, 7) is 2.00. The second-order valence-corrected chi connectivity index (χ2v) is 6.91. The van der Waals surface area contributed by atoms with Gasteiger partial charge in [0.25, 0.3) is 0 Å². The summed E-state index contributed by atoms with van der Waals surface area (Å²) in [6, 6.07) is 12.2. The van der Waals surface area contributed by atoms with Gasteiger partial charge in [-0.2, -0.15) is 0 Å². The monoisotopic (exact) mass is 285 g/mol. The molecule has 2 N–H and O–H groups in total. The van der Waals surface area contributed by atoms with Crippen LogP contribution in [0, 0.1) is 6.92 Å². The lowest BCUT2D eigenvalue weighted by Crippen LogP contribution is -2.02. The van der Waals surface area contributed by atoms with Gasteiger partial charge < -0.3 is 5.73 Å². The highest BCUT2D eigenvalue weighted by Crippen LogP contribution is 2.25. The van der Waals surface area contributed by atoms with Gasteiger partial charge in [0.15, 0.2) is 0 Å². The van der Waals surface area contributed by atoms with E-state index in [0.29, 0.717) is 11.4 Å². The van der Waals surface area contributed by atoms with Crippen LogP contribution in [0.2, 0.25) is 0 Å². The van der Waals surface area contributed by atoms with Crippen LogP contribution in [0.1, 0.15) is 28.7 Å². The maximum absolute atomic E-state index is 12.5. The Hall–Kier alpha value is -1.61. The summed E-state index contributed by atoms with van der Waals surface area (Å²) < 4.78 is 12.5. The minimum absolute atomic E-state index is 0.543. The lowest BCUT2D eigenvalue weighted by atomic mass is 10.1. The van der Waals surface area contributed by atoms with Gasteiger partial charge in [-0.25, -0.2) is 0 Å². The number of fused-ring (bicyclic) bond motifs is 1. The molecule has 0 fully saturated rings. The van der Waals surface area contributed by atoms with Gasteiger partial charge in [-0.3, -0.25) is 4.21 Å². The van der Waals surface area contributed by atoms with Crippen LogP contribution in [-0.2, 0) is 29.4 Å². The van der Waals surface area contributed by atoms with Crippen LogP contribution in [0.3, 0.4) is 0 Å². The molecule has 3 heteroatoms. The summed E-state index contributed by atoms with van der Waals surface area (Å²) >= 11 is 0. The van der Waals surface area contributed by atoms with Gasteiger partial charge in [0.05, 0.1) is 21.4 Å². The number of hydrogen-bond donors (Lipinski definition) is 1. The Balaban J connectivity index is 1.84. The maximum Gasteiger partial charge on any atom is 0.0623 e. The Morgan fingerprint density at radius 2 is 1.90 bits per heavy atom. The first-order valence-corrected chi connectivity index (χ1v) is 8.30. The van der Waals surface area contributed by atoms with E-state index in [-0.39, 0.29) is 0 Å². The topological polar surface area (TPSA) is 43.1 Å². The largest absolute Gasteiger partial charge is 0.398 e. The molecule has 1 aliphatic rings. The SMILES string of the molecule is Cc1ccc(N)c(S(=O)Cc2ccc3c(c2)CCC3)c1. The number of benzene rings is 2. The van der Waals surface area contributed by atoms with E-state index in [9.17, 15) is 4.21 Å². The highest BCUT2D eigenvalue weighted by atomic mass is 32.2. The van der Waals surface area contributed by atoms with Crippen molar-refractivity contribution in [3.05, 3.63) is 58.7 Å². The second kappa shape index (κ2) is 5.41. The van der Waals surface area contributed by atoms with Gasteiger partial charge in [-0.15, -0.1) is 0 Å². The predicted octanol–water partition coefficient (Wildman–Crippen LogP) is 3.37. The van der Waals surface area contributed by atoms with Crippen LogP contribution in [0.4, 0.5) is 5.69 Å². The first kappa shape index (κ1) is 13.4.